The summed E-state index contributed by atoms with van der Waals surface area (Å²) in [4.78, 5) is 5.16. The lowest BCUT2D eigenvalue weighted by Crippen LogP contribution is -2.50. The van der Waals surface area contributed by atoms with E-state index in [-0.39, 0.29) is 0 Å². The molecule has 0 radical (unpaired) electrons. The predicted octanol–water partition coefficient (Wildman–Crippen LogP) is 3.06. The van der Waals surface area contributed by atoms with E-state index in [0.717, 1.165) is 0 Å². The number of rotatable bonds is 1. The standard InChI is InChI=1S/C16H24N2/c1-14-4-6-15(7-5-14)18-12-9-16(10-13-18)8-3-11-17(16)2/h4-7H,3,8-13H2,1-2H3. The molecule has 2 saturated heterocycles. The Kier molecular flexibility index (Phi) is 3.06. The summed E-state index contributed by atoms with van der Waals surface area (Å²) in [5, 5.41) is 0. The average molecular weight is 244 g/mol. The van der Waals surface area contributed by atoms with Crippen LogP contribution in [-0.2, 0) is 0 Å². The number of likely N-dealkylation sites (tertiary alicyclic amines) is 1. The Labute approximate surface area is 111 Å². The second-order valence-corrected chi connectivity index (χ2v) is 6.07. The summed E-state index contributed by atoms with van der Waals surface area (Å²) >= 11 is 0. The third-order valence-corrected chi connectivity index (χ3v) is 5.04. The van der Waals surface area contributed by atoms with Crippen molar-refractivity contribution in [2.24, 2.45) is 0 Å². The van der Waals surface area contributed by atoms with Crippen molar-refractivity contribution in [3.63, 3.8) is 0 Å². The Balaban J connectivity index is 1.68. The lowest BCUT2D eigenvalue weighted by atomic mass is 9.85. The molecule has 0 atom stereocenters. The van der Waals surface area contributed by atoms with Crippen molar-refractivity contribution in [2.75, 3.05) is 31.6 Å². The van der Waals surface area contributed by atoms with Crippen LogP contribution in [0, 0.1) is 6.92 Å². The van der Waals surface area contributed by atoms with Crippen molar-refractivity contribution in [2.45, 2.75) is 38.1 Å². The lowest BCUT2D eigenvalue weighted by Gasteiger charge is -2.44. The second-order valence-electron chi connectivity index (χ2n) is 6.07. The maximum atomic E-state index is 2.61. The van der Waals surface area contributed by atoms with Gasteiger partial charge < -0.3 is 9.80 Å². The van der Waals surface area contributed by atoms with E-state index in [1.54, 1.807) is 0 Å². The molecule has 0 bridgehead atoms. The summed E-state index contributed by atoms with van der Waals surface area (Å²) in [5.74, 6) is 0. The molecule has 0 unspecified atom stereocenters. The molecular weight excluding hydrogens is 220 g/mol. The number of hydrogen-bond donors (Lipinski definition) is 0. The molecule has 1 aromatic rings. The maximum absolute atomic E-state index is 2.61. The van der Waals surface area contributed by atoms with Gasteiger partial charge in [0.05, 0.1) is 0 Å². The molecule has 2 heteroatoms. The monoisotopic (exact) mass is 244 g/mol. The van der Waals surface area contributed by atoms with Crippen molar-refractivity contribution in [1.29, 1.82) is 0 Å². The van der Waals surface area contributed by atoms with E-state index >= 15 is 0 Å². The summed E-state index contributed by atoms with van der Waals surface area (Å²) in [6, 6.07) is 8.99. The van der Waals surface area contributed by atoms with Crippen molar-refractivity contribution in [3.8, 4) is 0 Å². The fourth-order valence-corrected chi connectivity index (χ4v) is 3.64. The zero-order chi connectivity index (χ0) is 12.6. The molecule has 0 N–H and O–H groups in total. The quantitative estimate of drug-likeness (QED) is 0.749. The van der Waals surface area contributed by atoms with Gasteiger partial charge in [-0.25, -0.2) is 0 Å². The first-order valence-corrected chi connectivity index (χ1v) is 7.23. The fourth-order valence-electron chi connectivity index (χ4n) is 3.64. The van der Waals surface area contributed by atoms with Gasteiger partial charge in [0.1, 0.15) is 0 Å². The molecule has 2 aliphatic rings. The van der Waals surface area contributed by atoms with Crippen LogP contribution < -0.4 is 4.90 Å². The van der Waals surface area contributed by atoms with E-state index in [2.05, 4.69) is 48.0 Å². The van der Waals surface area contributed by atoms with Gasteiger partial charge >= 0.3 is 0 Å². The van der Waals surface area contributed by atoms with Crippen molar-refractivity contribution in [1.82, 2.24) is 4.90 Å². The summed E-state index contributed by atoms with van der Waals surface area (Å²) in [6.07, 6.45) is 5.46. The Morgan fingerprint density at radius 1 is 0.944 bits per heavy atom. The van der Waals surface area contributed by atoms with Crippen LogP contribution in [0.25, 0.3) is 0 Å². The maximum Gasteiger partial charge on any atom is 0.0366 e. The van der Waals surface area contributed by atoms with E-state index in [9.17, 15) is 0 Å². The third kappa shape index (κ3) is 2.03. The SMILES string of the molecule is Cc1ccc(N2CCC3(CCCN3C)CC2)cc1. The fraction of sp³-hybridized carbons (Fsp3) is 0.625. The molecular formula is C16H24N2. The first kappa shape index (κ1) is 12.0. The molecule has 2 heterocycles. The minimum absolute atomic E-state index is 0.529. The second kappa shape index (κ2) is 4.58. The lowest BCUT2D eigenvalue weighted by molar-refractivity contribution is 0.137. The van der Waals surface area contributed by atoms with Gasteiger partial charge in [-0.05, 0) is 58.3 Å². The van der Waals surface area contributed by atoms with E-state index in [0.29, 0.717) is 5.54 Å². The van der Waals surface area contributed by atoms with Gasteiger partial charge in [0.25, 0.3) is 0 Å². The van der Waals surface area contributed by atoms with Gasteiger partial charge in [0, 0.05) is 24.3 Å². The molecule has 1 spiro atoms. The Morgan fingerprint density at radius 3 is 2.17 bits per heavy atom. The third-order valence-electron chi connectivity index (χ3n) is 5.04. The molecule has 0 amide bonds. The van der Waals surface area contributed by atoms with Gasteiger partial charge in [-0.3, -0.25) is 0 Å². The van der Waals surface area contributed by atoms with Gasteiger partial charge in [-0.2, -0.15) is 0 Å². The summed E-state index contributed by atoms with van der Waals surface area (Å²) in [5.41, 5.74) is 3.28. The van der Waals surface area contributed by atoms with Crippen LogP contribution in [0.2, 0.25) is 0 Å². The molecule has 2 fully saturated rings. The summed E-state index contributed by atoms with van der Waals surface area (Å²) in [7, 11) is 2.31. The number of hydrogen-bond acceptors (Lipinski definition) is 2. The van der Waals surface area contributed by atoms with Crippen LogP contribution in [0.3, 0.4) is 0 Å². The van der Waals surface area contributed by atoms with Gasteiger partial charge in [-0.15, -0.1) is 0 Å². The number of piperidine rings is 1. The van der Waals surface area contributed by atoms with E-state index in [4.69, 9.17) is 0 Å². The molecule has 18 heavy (non-hydrogen) atoms. The number of aryl methyl sites for hydroxylation is 1. The Bertz CT molecular complexity index is 402. The highest BCUT2D eigenvalue weighted by Gasteiger charge is 2.40. The zero-order valence-corrected chi connectivity index (χ0v) is 11.7. The summed E-state index contributed by atoms with van der Waals surface area (Å²) < 4.78 is 0. The van der Waals surface area contributed by atoms with E-state index in [1.165, 1.54) is 56.6 Å². The minimum atomic E-state index is 0.529. The van der Waals surface area contributed by atoms with Crippen LogP contribution in [0.5, 0.6) is 0 Å². The first-order chi connectivity index (χ1) is 8.70. The number of anilines is 1. The molecule has 3 rings (SSSR count). The van der Waals surface area contributed by atoms with Crippen LogP contribution in [0.4, 0.5) is 5.69 Å². The first-order valence-electron chi connectivity index (χ1n) is 7.23. The van der Waals surface area contributed by atoms with Crippen molar-refractivity contribution in [3.05, 3.63) is 29.8 Å². The molecule has 0 saturated carbocycles. The number of nitrogens with zero attached hydrogens (tertiary/aromatic N) is 2. The predicted molar refractivity (Wildman–Crippen MR) is 77.2 cm³/mol. The van der Waals surface area contributed by atoms with Crippen LogP contribution in [-0.4, -0.2) is 37.1 Å². The highest BCUT2D eigenvalue weighted by molar-refractivity contribution is 5.48. The highest BCUT2D eigenvalue weighted by atomic mass is 15.2. The van der Waals surface area contributed by atoms with Crippen molar-refractivity contribution >= 4 is 5.69 Å². The molecule has 98 valence electrons. The Morgan fingerprint density at radius 2 is 1.61 bits per heavy atom. The molecule has 2 nitrogen and oxygen atoms in total. The molecule has 0 aromatic heterocycles. The molecule has 0 aliphatic carbocycles. The average Bonchev–Trinajstić information content (AvgIpc) is 2.73. The largest absolute Gasteiger partial charge is 0.371 e. The van der Waals surface area contributed by atoms with E-state index < -0.39 is 0 Å². The molecule has 1 aromatic carbocycles. The Hall–Kier alpha value is -1.02. The normalized spacial score (nSPS) is 23.8. The highest BCUT2D eigenvalue weighted by Crippen LogP contribution is 2.38. The van der Waals surface area contributed by atoms with Gasteiger partial charge in [-0.1, -0.05) is 17.7 Å². The van der Waals surface area contributed by atoms with Crippen LogP contribution >= 0.6 is 0 Å². The zero-order valence-electron chi connectivity index (χ0n) is 11.7. The van der Waals surface area contributed by atoms with E-state index in [1.807, 2.05) is 0 Å². The smallest absolute Gasteiger partial charge is 0.0366 e. The van der Waals surface area contributed by atoms with Gasteiger partial charge in [0.2, 0.25) is 0 Å². The minimum Gasteiger partial charge on any atom is -0.371 e. The molecule has 2 aliphatic heterocycles. The van der Waals surface area contributed by atoms with Crippen LogP contribution in [0.1, 0.15) is 31.2 Å². The summed E-state index contributed by atoms with van der Waals surface area (Å²) in [6.45, 7) is 5.88. The van der Waals surface area contributed by atoms with Crippen molar-refractivity contribution < 1.29 is 0 Å². The number of benzene rings is 1. The van der Waals surface area contributed by atoms with Crippen LogP contribution in [0.15, 0.2) is 24.3 Å². The topological polar surface area (TPSA) is 6.48 Å². The van der Waals surface area contributed by atoms with Gasteiger partial charge in [0.15, 0.2) is 0 Å².